The molecule has 0 aliphatic heterocycles. The third-order valence-corrected chi connectivity index (χ3v) is 9.72. The van der Waals surface area contributed by atoms with Crippen LogP contribution in [0.2, 0.25) is 0 Å². The quantitative estimate of drug-likeness (QED) is 0.342. The highest BCUT2D eigenvalue weighted by molar-refractivity contribution is 7.91. The molecule has 2 atom stereocenters. The summed E-state index contributed by atoms with van der Waals surface area (Å²) in [5.74, 6) is -0.137. The van der Waals surface area contributed by atoms with Gasteiger partial charge in [0.1, 0.15) is 29.9 Å². The number of carboxylic acids is 1. The summed E-state index contributed by atoms with van der Waals surface area (Å²) < 4.78 is 63.9. The molecule has 0 amide bonds. The molecule has 0 aliphatic rings. The van der Waals surface area contributed by atoms with Crippen molar-refractivity contribution in [2.45, 2.75) is 45.2 Å². The Morgan fingerprint density at radius 2 is 1.72 bits per heavy atom. The molecule has 0 aliphatic carbocycles. The molecule has 1 heterocycles. The van der Waals surface area contributed by atoms with E-state index in [4.69, 9.17) is 9.15 Å². The molecule has 0 saturated heterocycles. The molecule has 0 fully saturated rings. The zero-order valence-corrected chi connectivity index (χ0v) is 24.3. The van der Waals surface area contributed by atoms with E-state index in [0.717, 1.165) is 21.7 Å². The standard InChI is InChI=1S/C26H33N3O8S2/c1-17-10-12-21(13-11-17)25-27-23(18(2)37-25)16-36-22-9-7-8-20(14-22)15-29(39(34,35)28(4)5)24(26(30)31)19(3)38(6,32)33/h7-14,19,24H,15-16H2,1-6H3,(H,30,31). The van der Waals surface area contributed by atoms with E-state index in [1.807, 2.05) is 31.2 Å². The molecule has 3 aromatic rings. The van der Waals surface area contributed by atoms with Crippen molar-refractivity contribution in [1.29, 1.82) is 0 Å². The Balaban J connectivity index is 1.86. The monoisotopic (exact) mass is 579 g/mol. The maximum absolute atomic E-state index is 13.1. The summed E-state index contributed by atoms with van der Waals surface area (Å²) in [7, 11) is -5.72. The Bertz CT molecular complexity index is 1530. The van der Waals surface area contributed by atoms with Gasteiger partial charge < -0.3 is 14.3 Å². The minimum Gasteiger partial charge on any atom is -0.487 e. The second-order valence-electron chi connectivity index (χ2n) is 9.48. The number of sulfone groups is 1. The van der Waals surface area contributed by atoms with Crippen molar-refractivity contribution in [2.24, 2.45) is 0 Å². The van der Waals surface area contributed by atoms with Gasteiger partial charge in [0, 0.05) is 32.5 Å². The molecule has 2 unspecified atom stereocenters. The number of rotatable bonds is 12. The Hall–Kier alpha value is -3.26. The number of aromatic nitrogens is 1. The Morgan fingerprint density at radius 1 is 1.08 bits per heavy atom. The van der Waals surface area contributed by atoms with Crippen LogP contribution in [0.1, 0.15) is 29.5 Å². The van der Waals surface area contributed by atoms with Crippen LogP contribution in [0.5, 0.6) is 5.75 Å². The molecule has 0 saturated carbocycles. The molecule has 2 aromatic carbocycles. The van der Waals surface area contributed by atoms with Crippen molar-refractivity contribution in [3.05, 3.63) is 71.1 Å². The van der Waals surface area contributed by atoms with E-state index >= 15 is 0 Å². The van der Waals surface area contributed by atoms with Gasteiger partial charge in [0.05, 0.1) is 5.25 Å². The molecule has 11 nitrogen and oxygen atoms in total. The number of benzene rings is 2. The third-order valence-electron chi connectivity index (χ3n) is 6.24. The first-order valence-corrected chi connectivity index (χ1v) is 15.3. The van der Waals surface area contributed by atoms with Gasteiger partial charge in [-0.3, -0.25) is 4.79 Å². The van der Waals surface area contributed by atoms with Gasteiger partial charge >= 0.3 is 5.97 Å². The molecule has 13 heteroatoms. The largest absolute Gasteiger partial charge is 0.487 e. The maximum atomic E-state index is 13.1. The SMILES string of the molecule is Cc1ccc(-c2nc(COc3cccc(CN(C(C(=O)O)C(C)S(C)(=O)=O)S(=O)(=O)N(C)C)c3)c(C)o2)cc1. The minimum atomic E-state index is -4.33. The normalized spacial score (nSPS) is 13.9. The molecule has 39 heavy (non-hydrogen) atoms. The average Bonchev–Trinajstić information content (AvgIpc) is 3.22. The van der Waals surface area contributed by atoms with Crippen LogP contribution in [0.25, 0.3) is 11.5 Å². The number of carboxylic acid groups (broad SMARTS) is 1. The molecular formula is C26H33N3O8S2. The predicted octanol–water partition coefficient (Wildman–Crippen LogP) is 3.03. The van der Waals surface area contributed by atoms with Crippen LogP contribution in [-0.4, -0.2) is 73.1 Å². The van der Waals surface area contributed by atoms with Gasteiger partial charge in [-0.05, 0) is 50.6 Å². The lowest BCUT2D eigenvalue weighted by Gasteiger charge is -2.33. The summed E-state index contributed by atoms with van der Waals surface area (Å²) in [6.45, 7) is 4.62. The Morgan fingerprint density at radius 3 is 2.28 bits per heavy atom. The zero-order valence-electron chi connectivity index (χ0n) is 22.7. The van der Waals surface area contributed by atoms with E-state index in [0.29, 0.717) is 33.0 Å². The third kappa shape index (κ3) is 7.24. The van der Waals surface area contributed by atoms with Gasteiger partial charge in [-0.1, -0.05) is 29.8 Å². The van der Waals surface area contributed by atoms with Crippen molar-refractivity contribution in [2.75, 3.05) is 20.4 Å². The molecule has 1 aromatic heterocycles. The first-order valence-electron chi connectivity index (χ1n) is 12.0. The molecule has 0 bridgehead atoms. The number of carbonyl (C=O) groups is 1. The highest BCUT2D eigenvalue weighted by atomic mass is 32.2. The van der Waals surface area contributed by atoms with Crippen LogP contribution in [0, 0.1) is 13.8 Å². The number of oxazole rings is 1. The molecular weight excluding hydrogens is 546 g/mol. The minimum absolute atomic E-state index is 0.0766. The van der Waals surface area contributed by atoms with Crippen LogP contribution in [-0.2, 0) is 38.0 Å². The second kappa shape index (κ2) is 11.9. The summed E-state index contributed by atoms with van der Waals surface area (Å²) in [4.78, 5) is 16.7. The summed E-state index contributed by atoms with van der Waals surface area (Å²) >= 11 is 0. The van der Waals surface area contributed by atoms with E-state index in [-0.39, 0.29) is 6.61 Å². The van der Waals surface area contributed by atoms with Crippen LogP contribution >= 0.6 is 0 Å². The summed E-state index contributed by atoms with van der Waals surface area (Å²) in [6.07, 6.45) is 0.874. The van der Waals surface area contributed by atoms with Crippen molar-refractivity contribution >= 4 is 26.0 Å². The molecule has 212 valence electrons. The maximum Gasteiger partial charge on any atom is 0.323 e. The van der Waals surface area contributed by atoms with E-state index in [1.54, 1.807) is 31.2 Å². The van der Waals surface area contributed by atoms with Gasteiger partial charge in [0.2, 0.25) is 5.89 Å². The lowest BCUT2D eigenvalue weighted by Crippen LogP contribution is -2.55. The van der Waals surface area contributed by atoms with Crippen LogP contribution in [0.4, 0.5) is 0 Å². The van der Waals surface area contributed by atoms with Gasteiger partial charge in [0.25, 0.3) is 10.2 Å². The van der Waals surface area contributed by atoms with E-state index < -0.39 is 43.9 Å². The fourth-order valence-corrected chi connectivity index (χ4v) is 5.87. The molecule has 1 N–H and O–H groups in total. The van der Waals surface area contributed by atoms with Crippen LogP contribution < -0.4 is 4.74 Å². The van der Waals surface area contributed by atoms with Crippen molar-refractivity contribution in [3.8, 4) is 17.2 Å². The van der Waals surface area contributed by atoms with Crippen molar-refractivity contribution in [1.82, 2.24) is 13.6 Å². The van der Waals surface area contributed by atoms with E-state index in [1.165, 1.54) is 21.0 Å². The highest BCUT2D eigenvalue weighted by Crippen LogP contribution is 2.25. The first kappa shape index (κ1) is 30.3. The number of aliphatic carboxylic acids is 1. The van der Waals surface area contributed by atoms with Crippen LogP contribution in [0.15, 0.2) is 52.9 Å². The number of nitrogens with zero attached hydrogens (tertiary/aromatic N) is 3. The van der Waals surface area contributed by atoms with Gasteiger partial charge in [-0.15, -0.1) is 0 Å². The van der Waals surface area contributed by atoms with Crippen molar-refractivity contribution in [3.63, 3.8) is 0 Å². The fourth-order valence-electron chi connectivity index (χ4n) is 3.77. The number of hydrogen-bond acceptors (Lipinski definition) is 8. The highest BCUT2D eigenvalue weighted by Gasteiger charge is 2.43. The Labute approximate surface area is 229 Å². The van der Waals surface area contributed by atoms with E-state index in [9.17, 15) is 26.7 Å². The van der Waals surface area contributed by atoms with Gasteiger partial charge in [-0.25, -0.2) is 13.4 Å². The number of hydrogen-bond donors (Lipinski definition) is 1. The van der Waals surface area contributed by atoms with Crippen molar-refractivity contribution < 1.29 is 35.9 Å². The topological polar surface area (TPSA) is 147 Å². The van der Waals surface area contributed by atoms with Gasteiger partial charge in [-0.2, -0.15) is 17.0 Å². The Kier molecular flexibility index (Phi) is 9.21. The van der Waals surface area contributed by atoms with E-state index in [2.05, 4.69) is 4.98 Å². The smallest absolute Gasteiger partial charge is 0.323 e. The average molecular weight is 580 g/mol. The van der Waals surface area contributed by atoms with Crippen LogP contribution in [0.3, 0.4) is 0 Å². The summed E-state index contributed by atoms with van der Waals surface area (Å²) in [5, 5.41) is 8.36. The molecule has 0 spiro atoms. The number of aryl methyl sites for hydroxylation is 2. The molecule has 3 rings (SSSR count). The lowest BCUT2D eigenvalue weighted by molar-refractivity contribution is -0.141. The summed E-state index contributed by atoms with van der Waals surface area (Å²) in [5.41, 5.74) is 2.93. The predicted molar refractivity (Wildman–Crippen MR) is 146 cm³/mol. The fraction of sp³-hybridized carbons (Fsp3) is 0.385. The summed E-state index contributed by atoms with van der Waals surface area (Å²) in [6, 6.07) is 12.4. The lowest BCUT2D eigenvalue weighted by atomic mass is 10.1. The first-order chi connectivity index (χ1) is 18.1. The van der Waals surface area contributed by atoms with Gasteiger partial charge in [0.15, 0.2) is 9.84 Å². The second-order valence-corrected chi connectivity index (χ2v) is 14.0. The number of ether oxygens (including phenoxy) is 1. The zero-order chi connectivity index (χ0) is 29.1. The molecule has 0 radical (unpaired) electrons.